The number of ketones is 1. The summed E-state index contributed by atoms with van der Waals surface area (Å²) >= 11 is 0. The highest BCUT2D eigenvalue weighted by atomic mass is 16.5. The van der Waals surface area contributed by atoms with Crippen LogP contribution >= 0.6 is 0 Å². The van der Waals surface area contributed by atoms with Gasteiger partial charge in [0.25, 0.3) is 0 Å². The number of anilines is 1. The maximum Gasteiger partial charge on any atom is 0.338 e. The molecule has 0 aromatic heterocycles. The number of carbonyl (C=O) groups excluding carboxylic acids is 4. The third-order valence-electron chi connectivity index (χ3n) is 8.01. The van der Waals surface area contributed by atoms with Crippen LogP contribution in [0.5, 0.6) is 0 Å². The Labute approximate surface area is 208 Å². The van der Waals surface area contributed by atoms with Crippen LogP contribution in [0, 0.1) is 23.7 Å². The second kappa shape index (κ2) is 8.86. The number of Topliss-reactive ketones (excluding diaryl/α,β-unsaturated/α-hetero) is 1. The number of rotatable bonds is 6. The number of hydrogen-bond acceptors (Lipinski definition) is 5. The number of ether oxygens (including phenoxy) is 1. The lowest BCUT2D eigenvalue weighted by molar-refractivity contribution is -0.123. The van der Waals surface area contributed by atoms with Crippen molar-refractivity contribution in [2.24, 2.45) is 23.7 Å². The number of nitrogens with zero attached hydrogens (tertiary/aromatic N) is 1. The molecule has 0 spiro atoms. The molecule has 180 valence electrons. The van der Waals surface area contributed by atoms with Gasteiger partial charge >= 0.3 is 5.97 Å². The van der Waals surface area contributed by atoms with Gasteiger partial charge in [0.05, 0.1) is 23.1 Å². The second-order valence-corrected chi connectivity index (χ2v) is 9.89. The van der Waals surface area contributed by atoms with Gasteiger partial charge in [0.2, 0.25) is 11.8 Å². The van der Waals surface area contributed by atoms with E-state index in [0.29, 0.717) is 11.3 Å². The van der Waals surface area contributed by atoms with Gasteiger partial charge in [-0.2, -0.15) is 0 Å². The number of imide groups is 1. The van der Waals surface area contributed by atoms with E-state index in [2.05, 4.69) is 12.1 Å². The molecule has 3 fully saturated rings. The molecule has 6 nitrogen and oxygen atoms in total. The Hall–Kier alpha value is -4.06. The Morgan fingerprint density at radius 3 is 2.19 bits per heavy atom. The first kappa shape index (κ1) is 22.4. The summed E-state index contributed by atoms with van der Waals surface area (Å²) in [6, 6.07) is 25.2. The summed E-state index contributed by atoms with van der Waals surface area (Å²) in [5, 5.41) is 0. The van der Waals surface area contributed by atoms with Crippen LogP contribution in [0.4, 0.5) is 5.69 Å². The van der Waals surface area contributed by atoms with E-state index in [-0.39, 0.29) is 59.4 Å². The standard InChI is InChI=1S/C30H25NO5/c32-25(19-10-5-2-6-11-19)17-36-30(35)20-12-7-13-22(14-20)31-28(33)26-21-15-23(18-8-3-1-4-9-18)24(16-21)27(26)29(31)34/h1-14,21,23-24,26-27H,15-17H2/t21-,23-,24-,26+,27+/m0/s1. The second-order valence-electron chi connectivity index (χ2n) is 9.89. The molecular formula is C30H25NO5. The first-order valence-electron chi connectivity index (χ1n) is 12.3. The molecule has 2 bridgehead atoms. The van der Waals surface area contributed by atoms with Gasteiger partial charge in [0.15, 0.2) is 12.4 Å². The van der Waals surface area contributed by atoms with Crippen molar-refractivity contribution in [3.05, 3.63) is 102 Å². The maximum atomic E-state index is 13.6. The zero-order valence-electron chi connectivity index (χ0n) is 19.6. The number of benzene rings is 3. The lowest BCUT2D eigenvalue weighted by Gasteiger charge is -2.28. The molecule has 3 aromatic carbocycles. The number of hydrogen-bond donors (Lipinski definition) is 0. The van der Waals surface area contributed by atoms with Gasteiger partial charge in [-0.25, -0.2) is 4.79 Å². The van der Waals surface area contributed by atoms with E-state index in [0.717, 1.165) is 12.8 Å². The largest absolute Gasteiger partial charge is 0.454 e. The molecular weight excluding hydrogens is 454 g/mol. The third kappa shape index (κ3) is 3.65. The van der Waals surface area contributed by atoms with Gasteiger partial charge in [-0.05, 0) is 54.4 Å². The fraction of sp³-hybridized carbons (Fsp3) is 0.267. The molecule has 6 heteroatoms. The zero-order chi connectivity index (χ0) is 24.8. The van der Waals surface area contributed by atoms with Crippen LogP contribution in [0.15, 0.2) is 84.9 Å². The molecule has 0 N–H and O–H groups in total. The highest BCUT2D eigenvalue weighted by molar-refractivity contribution is 6.23. The predicted octanol–water partition coefficient (Wildman–Crippen LogP) is 4.66. The summed E-state index contributed by atoms with van der Waals surface area (Å²) in [7, 11) is 0. The molecule has 3 aliphatic rings. The monoisotopic (exact) mass is 479 g/mol. The van der Waals surface area contributed by atoms with E-state index in [1.54, 1.807) is 48.5 Å². The molecule has 1 aliphatic heterocycles. The fourth-order valence-electron chi connectivity index (χ4n) is 6.49. The molecule has 2 amide bonds. The Balaban J connectivity index is 1.19. The minimum absolute atomic E-state index is 0.154. The average molecular weight is 480 g/mol. The highest BCUT2D eigenvalue weighted by Crippen LogP contribution is 2.61. The van der Waals surface area contributed by atoms with Crippen LogP contribution in [-0.4, -0.2) is 30.2 Å². The van der Waals surface area contributed by atoms with E-state index in [1.165, 1.54) is 16.5 Å². The molecule has 6 rings (SSSR count). The smallest absolute Gasteiger partial charge is 0.338 e. The van der Waals surface area contributed by atoms with Crippen LogP contribution in [0.25, 0.3) is 0 Å². The molecule has 0 unspecified atom stereocenters. The number of carbonyl (C=O) groups is 4. The summed E-state index contributed by atoms with van der Waals surface area (Å²) in [5.74, 6) is -1.30. The Morgan fingerprint density at radius 1 is 0.778 bits per heavy atom. The van der Waals surface area contributed by atoms with Crippen molar-refractivity contribution in [2.75, 3.05) is 11.5 Å². The van der Waals surface area contributed by atoms with Crippen molar-refractivity contribution in [2.45, 2.75) is 18.8 Å². The van der Waals surface area contributed by atoms with Gasteiger partial charge in [-0.15, -0.1) is 0 Å². The Morgan fingerprint density at radius 2 is 1.44 bits per heavy atom. The molecule has 0 radical (unpaired) electrons. The highest BCUT2D eigenvalue weighted by Gasteiger charge is 2.64. The quantitative estimate of drug-likeness (QED) is 0.292. The van der Waals surface area contributed by atoms with Crippen LogP contribution in [0.2, 0.25) is 0 Å². The third-order valence-corrected chi connectivity index (χ3v) is 8.01. The van der Waals surface area contributed by atoms with Crippen molar-refractivity contribution in [1.82, 2.24) is 0 Å². The predicted molar refractivity (Wildman–Crippen MR) is 132 cm³/mol. The number of fused-ring (bicyclic) bond motifs is 5. The van der Waals surface area contributed by atoms with Crippen LogP contribution < -0.4 is 4.90 Å². The average Bonchev–Trinajstić information content (AvgIpc) is 3.59. The van der Waals surface area contributed by atoms with E-state index in [1.807, 2.05) is 18.2 Å². The zero-order valence-corrected chi connectivity index (χ0v) is 19.6. The van der Waals surface area contributed by atoms with Crippen LogP contribution in [-0.2, 0) is 14.3 Å². The molecule has 1 saturated heterocycles. The van der Waals surface area contributed by atoms with Gasteiger partial charge < -0.3 is 4.74 Å². The van der Waals surface area contributed by atoms with Crippen molar-refractivity contribution >= 4 is 29.3 Å². The molecule has 2 saturated carbocycles. The van der Waals surface area contributed by atoms with Gasteiger partial charge in [0.1, 0.15) is 0 Å². The summed E-state index contributed by atoms with van der Waals surface area (Å²) in [6.45, 7) is -0.386. The van der Waals surface area contributed by atoms with Crippen molar-refractivity contribution in [3.63, 3.8) is 0 Å². The van der Waals surface area contributed by atoms with Crippen molar-refractivity contribution < 1.29 is 23.9 Å². The van der Waals surface area contributed by atoms with Gasteiger partial charge in [-0.3, -0.25) is 19.3 Å². The first-order chi connectivity index (χ1) is 17.5. The minimum Gasteiger partial charge on any atom is -0.454 e. The van der Waals surface area contributed by atoms with E-state index >= 15 is 0 Å². The molecule has 3 aromatic rings. The molecule has 5 atom stereocenters. The van der Waals surface area contributed by atoms with Gasteiger partial charge in [0, 0.05) is 5.56 Å². The lowest BCUT2D eigenvalue weighted by Crippen LogP contribution is -2.33. The fourth-order valence-corrected chi connectivity index (χ4v) is 6.49. The van der Waals surface area contributed by atoms with Crippen LogP contribution in [0.1, 0.15) is 45.0 Å². The van der Waals surface area contributed by atoms with E-state index < -0.39 is 5.97 Å². The molecule has 36 heavy (non-hydrogen) atoms. The summed E-state index contributed by atoms with van der Waals surface area (Å²) in [5.41, 5.74) is 2.26. The summed E-state index contributed by atoms with van der Waals surface area (Å²) in [4.78, 5) is 53.2. The van der Waals surface area contributed by atoms with E-state index in [9.17, 15) is 19.2 Å². The number of esters is 1. The normalized spacial score (nSPS) is 26.2. The van der Waals surface area contributed by atoms with Crippen molar-refractivity contribution in [3.8, 4) is 0 Å². The summed E-state index contributed by atoms with van der Waals surface area (Å²) < 4.78 is 5.22. The maximum absolute atomic E-state index is 13.6. The van der Waals surface area contributed by atoms with Gasteiger partial charge in [-0.1, -0.05) is 66.7 Å². The lowest BCUT2D eigenvalue weighted by atomic mass is 9.73. The SMILES string of the molecule is O=C(COC(=O)c1cccc(N2C(=O)[C@@H]3[C@@H]4C[C@H]([C@H]3C2=O)[C@H](c2ccccc2)C4)c1)c1ccccc1. The first-order valence-corrected chi connectivity index (χ1v) is 12.3. The topological polar surface area (TPSA) is 80.8 Å². The minimum atomic E-state index is -0.676. The van der Waals surface area contributed by atoms with E-state index in [4.69, 9.17) is 4.74 Å². The van der Waals surface area contributed by atoms with Crippen LogP contribution in [0.3, 0.4) is 0 Å². The summed E-state index contributed by atoms with van der Waals surface area (Å²) in [6.07, 6.45) is 1.83. The Kier molecular flexibility index (Phi) is 5.52. The molecule has 2 aliphatic carbocycles. The van der Waals surface area contributed by atoms with Crippen molar-refractivity contribution in [1.29, 1.82) is 0 Å². The molecule has 1 heterocycles. The Bertz CT molecular complexity index is 1350. The number of amides is 2.